The van der Waals surface area contributed by atoms with E-state index in [1.165, 1.54) is 38.8 Å². The molecule has 0 amide bonds. The maximum Gasteiger partial charge on any atom is 0.492 e. The van der Waals surface area contributed by atoms with Crippen molar-refractivity contribution in [3.8, 4) is 5.75 Å². The first-order chi connectivity index (χ1) is 10.2. The smallest absolute Gasteiger partial charge is 0.492 e. The Morgan fingerprint density at radius 2 is 1.76 bits per heavy atom. The Kier molecular flexibility index (Phi) is 4.52. The van der Waals surface area contributed by atoms with Crippen molar-refractivity contribution in [2.24, 2.45) is 11.8 Å². The number of hydrogen-bond donors (Lipinski definition) is 2. The Labute approximate surface area is 126 Å². The van der Waals surface area contributed by atoms with Crippen molar-refractivity contribution in [2.75, 3.05) is 20.2 Å². The van der Waals surface area contributed by atoms with Crippen LogP contribution < -0.4 is 10.2 Å². The van der Waals surface area contributed by atoms with Crippen molar-refractivity contribution in [2.45, 2.75) is 32.2 Å². The Hall–Kier alpha value is -1.04. The molecule has 0 spiro atoms. The Morgan fingerprint density at radius 1 is 1.14 bits per heavy atom. The first kappa shape index (κ1) is 14.9. The number of ether oxygens (including phenoxy) is 1. The molecule has 2 N–H and O–H groups in total. The summed E-state index contributed by atoms with van der Waals surface area (Å²) in [4.78, 5) is 2.53. The Morgan fingerprint density at radius 3 is 2.24 bits per heavy atom. The predicted molar refractivity (Wildman–Crippen MR) is 83.5 cm³/mol. The van der Waals surface area contributed by atoms with Crippen molar-refractivity contribution in [1.29, 1.82) is 0 Å². The summed E-state index contributed by atoms with van der Waals surface area (Å²) >= 11 is 0. The molecular weight excluding hydrogens is 265 g/mol. The van der Waals surface area contributed by atoms with Gasteiger partial charge >= 0.3 is 7.12 Å². The molecule has 0 heterocycles. The third kappa shape index (κ3) is 4.22. The van der Waals surface area contributed by atoms with Crippen LogP contribution in [0.25, 0.3) is 0 Å². The lowest BCUT2D eigenvalue weighted by molar-refractivity contribution is 0.244. The molecule has 0 saturated heterocycles. The van der Waals surface area contributed by atoms with E-state index in [0.29, 0.717) is 11.2 Å². The second-order valence-corrected chi connectivity index (χ2v) is 6.53. The molecule has 0 bridgehead atoms. The van der Waals surface area contributed by atoms with E-state index in [4.69, 9.17) is 4.74 Å². The van der Waals surface area contributed by atoms with Crippen molar-refractivity contribution in [3.63, 3.8) is 0 Å². The second kappa shape index (κ2) is 6.38. The van der Waals surface area contributed by atoms with Crippen LogP contribution in [0.15, 0.2) is 18.2 Å². The van der Waals surface area contributed by atoms with Gasteiger partial charge in [-0.3, -0.25) is 4.90 Å². The van der Waals surface area contributed by atoms with E-state index < -0.39 is 7.12 Å². The van der Waals surface area contributed by atoms with Crippen LogP contribution in [0.5, 0.6) is 5.75 Å². The molecule has 2 fully saturated rings. The molecule has 1 aromatic rings. The molecule has 0 atom stereocenters. The van der Waals surface area contributed by atoms with Crippen LogP contribution in [-0.2, 0) is 6.54 Å². The minimum Gasteiger partial charge on any atom is -0.497 e. The van der Waals surface area contributed by atoms with E-state index in [9.17, 15) is 10.0 Å². The van der Waals surface area contributed by atoms with Crippen LogP contribution in [0.1, 0.15) is 31.2 Å². The summed E-state index contributed by atoms with van der Waals surface area (Å²) in [6.45, 7) is 3.25. The van der Waals surface area contributed by atoms with Gasteiger partial charge in [-0.05, 0) is 49.1 Å². The van der Waals surface area contributed by atoms with Gasteiger partial charge in [0, 0.05) is 25.1 Å². The molecular formula is C16H24BNO3. The summed E-state index contributed by atoms with van der Waals surface area (Å²) < 4.78 is 5.18. The molecule has 0 radical (unpaired) electrons. The van der Waals surface area contributed by atoms with Crippen LogP contribution in [0.4, 0.5) is 0 Å². The van der Waals surface area contributed by atoms with Gasteiger partial charge in [0.2, 0.25) is 0 Å². The average molecular weight is 289 g/mol. The maximum absolute atomic E-state index is 9.47. The summed E-state index contributed by atoms with van der Waals surface area (Å²) in [5.74, 6) is 2.29. The first-order valence-corrected chi connectivity index (χ1v) is 7.91. The molecule has 21 heavy (non-hydrogen) atoms. The maximum atomic E-state index is 9.47. The zero-order valence-corrected chi connectivity index (χ0v) is 12.7. The van der Waals surface area contributed by atoms with Crippen LogP contribution >= 0.6 is 0 Å². The molecule has 3 rings (SSSR count). The molecule has 0 aromatic heterocycles. The number of methoxy groups -OCH3 is 1. The highest BCUT2D eigenvalue weighted by atomic mass is 16.5. The number of benzene rings is 1. The summed E-state index contributed by atoms with van der Waals surface area (Å²) in [5.41, 5.74) is 1.58. The predicted octanol–water partition coefficient (Wildman–Crippen LogP) is 0.997. The fourth-order valence-electron chi connectivity index (χ4n) is 2.88. The molecule has 1 aromatic carbocycles. The highest BCUT2D eigenvalue weighted by molar-refractivity contribution is 6.59. The largest absolute Gasteiger partial charge is 0.497 e. The molecule has 0 unspecified atom stereocenters. The molecule has 2 aliphatic rings. The number of hydrogen-bond acceptors (Lipinski definition) is 4. The van der Waals surface area contributed by atoms with Gasteiger partial charge in [0.1, 0.15) is 5.75 Å². The van der Waals surface area contributed by atoms with Crippen LogP contribution in [0, 0.1) is 11.8 Å². The fourth-order valence-corrected chi connectivity index (χ4v) is 2.88. The summed E-state index contributed by atoms with van der Waals surface area (Å²) in [6, 6.07) is 5.71. The fraction of sp³-hybridized carbons (Fsp3) is 0.625. The van der Waals surface area contributed by atoms with Crippen LogP contribution in [-0.4, -0.2) is 42.3 Å². The number of nitrogens with zero attached hydrogens (tertiary/aromatic N) is 1. The van der Waals surface area contributed by atoms with E-state index >= 15 is 0 Å². The standard InChI is InChI=1S/C16H24BNO3/c1-21-16-7-6-14(8-15(16)17(19)20)11-18(9-12-2-3-12)10-13-4-5-13/h6-8,12-13,19-20H,2-5,9-11H2,1H3. The summed E-state index contributed by atoms with van der Waals surface area (Å²) in [7, 11) is 0.0631. The minimum atomic E-state index is -1.49. The lowest BCUT2D eigenvalue weighted by Crippen LogP contribution is -2.33. The van der Waals surface area contributed by atoms with Gasteiger partial charge in [-0.25, -0.2) is 0 Å². The van der Waals surface area contributed by atoms with E-state index in [-0.39, 0.29) is 0 Å². The zero-order valence-electron chi connectivity index (χ0n) is 12.7. The van der Waals surface area contributed by atoms with E-state index in [2.05, 4.69) is 4.90 Å². The van der Waals surface area contributed by atoms with Gasteiger partial charge in [-0.1, -0.05) is 12.1 Å². The third-order valence-corrected chi connectivity index (χ3v) is 4.41. The van der Waals surface area contributed by atoms with Gasteiger partial charge in [0.05, 0.1) is 7.11 Å². The van der Waals surface area contributed by atoms with E-state index in [1.54, 1.807) is 7.11 Å². The first-order valence-electron chi connectivity index (χ1n) is 7.91. The molecule has 0 aliphatic heterocycles. The second-order valence-electron chi connectivity index (χ2n) is 6.53. The van der Waals surface area contributed by atoms with Gasteiger partial charge in [-0.2, -0.15) is 0 Å². The highest BCUT2D eigenvalue weighted by Crippen LogP contribution is 2.34. The monoisotopic (exact) mass is 289 g/mol. The quantitative estimate of drug-likeness (QED) is 0.701. The molecule has 2 aliphatic carbocycles. The molecule has 114 valence electrons. The van der Waals surface area contributed by atoms with Gasteiger partial charge in [-0.15, -0.1) is 0 Å². The minimum absolute atomic E-state index is 0.452. The normalized spacial score (nSPS) is 18.1. The molecule has 2 saturated carbocycles. The Balaban J connectivity index is 1.69. The van der Waals surface area contributed by atoms with Crippen molar-refractivity contribution in [1.82, 2.24) is 4.90 Å². The number of rotatable bonds is 8. The van der Waals surface area contributed by atoms with Crippen LogP contribution in [0.2, 0.25) is 0 Å². The van der Waals surface area contributed by atoms with Gasteiger partial charge in [0.15, 0.2) is 0 Å². The van der Waals surface area contributed by atoms with Gasteiger partial charge in [0.25, 0.3) is 0 Å². The lowest BCUT2D eigenvalue weighted by atomic mass is 9.78. The summed E-state index contributed by atoms with van der Waals surface area (Å²) in [5, 5.41) is 18.9. The van der Waals surface area contributed by atoms with Crippen molar-refractivity contribution in [3.05, 3.63) is 23.8 Å². The topological polar surface area (TPSA) is 52.9 Å². The molecule has 4 nitrogen and oxygen atoms in total. The Bertz CT molecular complexity index is 472. The third-order valence-electron chi connectivity index (χ3n) is 4.41. The molecule has 5 heteroatoms. The zero-order chi connectivity index (χ0) is 14.8. The summed E-state index contributed by atoms with van der Waals surface area (Å²) in [6.07, 6.45) is 5.46. The lowest BCUT2D eigenvalue weighted by Gasteiger charge is -2.23. The van der Waals surface area contributed by atoms with E-state index in [0.717, 1.165) is 23.9 Å². The SMILES string of the molecule is COc1ccc(CN(CC2CC2)CC2CC2)cc1B(O)O. The van der Waals surface area contributed by atoms with E-state index in [1.807, 2.05) is 18.2 Å². The van der Waals surface area contributed by atoms with Crippen molar-refractivity contribution >= 4 is 12.6 Å². The van der Waals surface area contributed by atoms with Crippen LogP contribution in [0.3, 0.4) is 0 Å². The highest BCUT2D eigenvalue weighted by Gasteiger charge is 2.29. The van der Waals surface area contributed by atoms with Gasteiger partial charge < -0.3 is 14.8 Å². The van der Waals surface area contributed by atoms with Crippen molar-refractivity contribution < 1.29 is 14.8 Å². The average Bonchev–Trinajstić information content (AvgIpc) is 3.35.